The highest BCUT2D eigenvalue weighted by molar-refractivity contribution is 7.23. The van der Waals surface area contributed by atoms with Crippen molar-refractivity contribution in [1.29, 1.82) is 0 Å². The Balaban J connectivity index is 0.000000121. The molecular weight excluding hydrogens is 1960 g/mol. The number of benzene rings is 10. The number of hydrogen-bond donors (Lipinski definition) is 11. The van der Waals surface area contributed by atoms with Crippen LogP contribution in [0.3, 0.4) is 0 Å². The van der Waals surface area contributed by atoms with Crippen molar-refractivity contribution < 1.29 is 77.4 Å². The first-order chi connectivity index (χ1) is 67.7. The second kappa shape index (κ2) is 43.0. The first-order valence-electron chi connectivity index (χ1n) is 42.9. The highest BCUT2D eigenvalue weighted by atomic mass is 35.5. The number of halogens is 6. The van der Waals surface area contributed by atoms with Gasteiger partial charge in [-0.25, -0.2) is 52.3 Å². The number of methoxy groups -OCH3 is 3. The molecule has 0 bridgehead atoms. The van der Waals surface area contributed by atoms with E-state index in [-0.39, 0.29) is 0 Å². The van der Waals surface area contributed by atoms with Crippen LogP contribution in [0.4, 0.5) is 45.5 Å². The van der Waals surface area contributed by atoms with Crippen molar-refractivity contribution in [2.75, 3.05) is 51.1 Å². The van der Waals surface area contributed by atoms with E-state index in [1.807, 2.05) is 117 Å². The summed E-state index contributed by atoms with van der Waals surface area (Å²) in [5.41, 5.74) is 27.6. The topological polar surface area (TPSA) is 380 Å². The molecule has 6 aromatic heterocycles. The molecule has 0 radical (unpaired) electrons. The van der Waals surface area contributed by atoms with Gasteiger partial charge in [-0.2, -0.15) is 18.2 Å². The van der Waals surface area contributed by atoms with Crippen LogP contribution in [0.2, 0.25) is 15.1 Å². The van der Waals surface area contributed by atoms with E-state index in [0.29, 0.717) is 144 Å². The zero-order valence-corrected chi connectivity index (χ0v) is 80.8. The molecule has 11 heterocycles. The third-order valence-electron chi connectivity index (χ3n) is 23.6. The van der Waals surface area contributed by atoms with E-state index in [2.05, 4.69) is 71.5 Å². The number of amides is 5. The van der Waals surface area contributed by atoms with E-state index >= 15 is 0 Å². The minimum Gasteiger partial charge on any atom is -0.497 e. The van der Waals surface area contributed by atoms with Gasteiger partial charge >= 0.3 is 6.18 Å². The molecule has 714 valence electrons. The van der Waals surface area contributed by atoms with Gasteiger partial charge in [-0.1, -0.05) is 114 Å². The molecule has 41 heteroatoms. The molecule has 16 aromatic rings. The third-order valence-corrected chi connectivity index (χ3v) is 29.4. The van der Waals surface area contributed by atoms with Crippen LogP contribution in [0.5, 0.6) is 17.2 Å². The number of aromatic nitrogens is 6. The Hall–Kier alpha value is -14.2. The summed E-state index contributed by atoms with van der Waals surface area (Å²) in [4.78, 5) is 98.1. The summed E-state index contributed by atoms with van der Waals surface area (Å²) in [5, 5.41) is 61.9. The van der Waals surface area contributed by atoms with Crippen LogP contribution >= 0.6 is 91.5 Å². The largest absolute Gasteiger partial charge is 0.497 e. The van der Waals surface area contributed by atoms with Gasteiger partial charge in [-0.15, -0.1) is 56.7 Å². The van der Waals surface area contributed by atoms with E-state index in [0.717, 1.165) is 134 Å². The maximum Gasteiger partial charge on any atom is 0.416 e. The van der Waals surface area contributed by atoms with Crippen LogP contribution in [0.15, 0.2) is 228 Å². The summed E-state index contributed by atoms with van der Waals surface area (Å²) < 4.78 is 55.5. The number of nitrogens with one attached hydrogen (secondary N) is 6. The molecule has 5 amide bonds. The minimum atomic E-state index is -4.36. The highest BCUT2D eigenvalue weighted by Gasteiger charge is 2.34. The summed E-state index contributed by atoms with van der Waals surface area (Å²) in [6, 6.07) is 59.3. The second-order valence-electron chi connectivity index (χ2n) is 32.3. The Morgan fingerprint density at radius 1 is 0.407 bits per heavy atom. The lowest BCUT2D eigenvalue weighted by molar-refractivity contribution is -0.137. The lowest BCUT2D eigenvalue weighted by Crippen LogP contribution is -2.19. The number of carbonyl (C=O) groups is 5. The molecule has 0 aliphatic carbocycles. The van der Waals surface area contributed by atoms with Crippen LogP contribution in [0.1, 0.15) is 124 Å². The van der Waals surface area contributed by atoms with Crippen LogP contribution in [0.25, 0.3) is 54.4 Å². The maximum atomic E-state index is 12.7. The molecule has 0 saturated carbocycles. The number of thiophene rings is 1. The Labute approximate surface area is 832 Å². The van der Waals surface area contributed by atoms with Gasteiger partial charge in [0.1, 0.15) is 23.1 Å². The number of alkyl halides is 3. The summed E-state index contributed by atoms with van der Waals surface area (Å²) in [7, 11) is 4.80. The molecule has 30 nitrogen and oxygen atoms in total. The van der Waals surface area contributed by atoms with E-state index < -0.39 is 41.3 Å². The molecular formula is C99H83Cl3F3N17O13S5. The van der Waals surface area contributed by atoms with Crippen molar-refractivity contribution >= 4 is 163 Å². The predicted molar refractivity (Wildman–Crippen MR) is 534 cm³/mol. The zero-order chi connectivity index (χ0) is 98.2. The molecule has 0 atom stereocenters. The fourth-order valence-electron chi connectivity index (χ4n) is 16.5. The van der Waals surface area contributed by atoms with Gasteiger partial charge in [0.25, 0.3) is 29.5 Å². The van der Waals surface area contributed by atoms with E-state index in [9.17, 15) is 37.1 Å². The van der Waals surface area contributed by atoms with Crippen molar-refractivity contribution in [3.63, 3.8) is 0 Å². The molecule has 0 fully saturated rings. The predicted octanol–water partition coefficient (Wildman–Crippen LogP) is 21.1. The first kappa shape index (κ1) is 97.4. The summed E-state index contributed by atoms with van der Waals surface area (Å²) in [5.74, 6) is 0.543. The number of fused-ring (bicyclic) bond motifs is 6. The molecule has 21 rings (SSSR count). The minimum absolute atomic E-state index is 0.312. The SMILES string of the molecule is COc1cc(C(=O)NO)cc2c1CN(c1nc(-c3cccc(Cl)c3)cs1)C2.COc1cc(C(=O)NO)cc2c1CN(c1nc(-c3sc4ccccc4c3C)cs1)C2.COc1ccc(-c2csc(N3Cc4cc(C(=O)NO)cc(Cl)c4C3)n2)cc1.O=C(NO)c1cc(Cl)c2c(c1)CN(c1nccc(NCc3ccccc3)n1)C2.O=C(NO)c1ccc2c(c1)CN(c1nc(-c3ccc(C(F)(F)F)cc3)cs1)C2. The van der Waals surface area contributed by atoms with Crippen molar-refractivity contribution in [3.05, 3.63) is 343 Å². The van der Waals surface area contributed by atoms with E-state index in [1.165, 1.54) is 44.0 Å². The summed E-state index contributed by atoms with van der Waals surface area (Å²) >= 11 is 26.7. The van der Waals surface area contributed by atoms with E-state index in [4.69, 9.17) is 90.0 Å². The molecule has 0 unspecified atom stereocenters. The number of rotatable bonds is 20. The molecule has 0 spiro atoms. The van der Waals surface area contributed by atoms with Crippen molar-refractivity contribution in [1.82, 2.24) is 57.3 Å². The number of hydroxylamine groups is 5. The molecule has 10 aromatic carbocycles. The summed E-state index contributed by atoms with van der Waals surface area (Å²) in [6.45, 7) is 8.87. The molecule has 11 N–H and O–H groups in total. The average Bonchev–Trinajstić information content (AvgIpc) is 1.62. The van der Waals surface area contributed by atoms with Gasteiger partial charge in [0.05, 0.1) is 54.5 Å². The Morgan fingerprint density at radius 3 is 1.34 bits per heavy atom. The standard InChI is InChI=1S/C22H19N3O3S2.C20H18ClN5O2.2C19H16ClN3O3S.C19H14F3N3O2S/c1-12-15-5-3-4-6-19(15)30-20(12)17-11-29-22(23-17)25-9-14-7-13(21(26)24-27)8-18(28-2)16(14)10-25;21-17-9-14(19(27)25-28)8-15-11-26(12-16(15)17)20-22-7-6-18(24-20)23-10-13-4-2-1-3-5-13;1-26-14-4-2-11(3-5-14)17-10-27-19(21-17)23-8-13-6-12(18(24)22-25)7-16(20)15(13)9-23;1-26-17-7-12(18(24)22-25)5-13-8-23(9-15(13)17)19-21-16(10-27-19)11-3-2-4-14(20)6-11;20-19(21,22)15-5-3-11(4-6-15)16-10-28-18(23-16)25-8-13-2-1-12(17(26)24-27)7-14(13)9-25/h3-8,11,27H,9-10H2,1-2H3,(H,24,26);1-9,28H,10-12H2,(H,25,27)(H,22,23,24);2*2-7,10,25H,8-9H2,1H3,(H,22,24);1-7,10,27H,8-9H2,(H,24,26). The van der Waals surface area contributed by atoms with Crippen LogP contribution in [-0.2, 0) is 78.2 Å². The Bertz CT molecular complexity index is 7340. The first-order valence-corrected chi connectivity index (χ1v) is 48.3. The molecule has 5 aliphatic heterocycles. The van der Waals surface area contributed by atoms with Crippen molar-refractivity contribution in [2.24, 2.45) is 0 Å². The van der Waals surface area contributed by atoms with Gasteiger partial charge < -0.3 is 44.0 Å². The zero-order valence-electron chi connectivity index (χ0n) is 74.4. The third kappa shape index (κ3) is 21.8. The highest BCUT2D eigenvalue weighted by Crippen LogP contribution is 2.46. The fourth-order valence-corrected chi connectivity index (χ4v) is 21.8. The van der Waals surface area contributed by atoms with Crippen molar-refractivity contribution in [3.8, 4) is 61.6 Å². The lowest BCUT2D eigenvalue weighted by Gasteiger charge is -2.16. The number of hydrogen-bond acceptors (Lipinski definition) is 30. The molecule has 0 saturated heterocycles. The second-order valence-corrected chi connectivity index (χ2v) is 38.0. The van der Waals surface area contributed by atoms with Gasteiger partial charge in [-0.3, -0.25) is 50.0 Å². The molecule has 140 heavy (non-hydrogen) atoms. The lowest BCUT2D eigenvalue weighted by atomic mass is 10.0. The maximum absolute atomic E-state index is 12.7. The normalized spacial score (nSPS) is 12.9. The quantitative estimate of drug-likeness (QED) is 0.0249. The monoisotopic (exact) mass is 2040 g/mol. The van der Waals surface area contributed by atoms with Gasteiger partial charge in [0.15, 0.2) is 20.5 Å². The van der Waals surface area contributed by atoms with Crippen LogP contribution in [-0.4, -0.2) is 107 Å². The average molecular weight is 2040 g/mol. The smallest absolute Gasteiger partial charge is 0.416 e. The number of nitrogens with zero attached hydrogens (tertiary/aromatic N) is 11. The van der Waals surface area contributed by atoms with Gasteiger partial charge in [0, 0.05) is 175 Å². The number of ether oxygens (including phenoxy) is 3. The van der Waals surface area contributed by atoms with E-state index in [1.54, 1.807) is 161 Å². The van der Waals surface area contributed by atoms with Crippen molar-refractivity contribution in [2.45, 2.75) is 85.1 Å². The number of anilines is 6. The fraction of sp³-hybridized carbons (Fsp3) is 0.162. The van der Waals surface area contributed by atoms with Gasteiger partial charge in [0.2, 0.25) is 5.95 Å². The number of thiazole rings is 4. The Kier molecular flexibility index (Phi) is 29.9. The molecule has 5 aliphatic rings. The Morgan fingerprint density at radius 2 is 0.836 bits per heavy atom. The van der Waals surface area contributed by atoms with Crippen LogP contribution < -0.4 is 71.4 Å². The van der Waals surface area contributed by atoms with Crippen LogP contribution in [0, 0.1) is 6.92 Å². The number of carbonyl (C=O) groups excluding carboxylic acids is 5. The summed E-state index contributed by atoms with van der Waals surface area (Å²) in [6.07, 6.45) is -2.65. The number of aryl methyl sites for hydroxylation is 1. The van der Waals surface area contributed by atoms with Gasteiger partial charge in [-0.05, 0) is 189 Å².